The van der Waals surface area contributed by atoms with Crippen molar-refractivity contribution in [3.05, 3.63) is 65.9 Å². The van der Waals surface area contributed by atoms with E-state index in [1.54, 1.807) is 29.8 Å². The van der Waals surface area contributed by atoms with Crippen molar-refractivity contribution in [1.82, 2.24) is 0 Å². The first-order valence-electron chi connectivity index (χ1n) is 12.4. The predicted octanol–water partition coefficient (Wildman–Crippen LogP) is 10.5. The van der Waals surface area contributed by atoms with E-state index < -0.39 is 0 Å². The van der Waals surface area contributed by atoms with Crippen LogP contribution >= 0.6 is 38.6 Å². The van der Waals surface area contributed by atoms with Crippen LogP contribution in [0.5, 0.6) is 11.5 Å². The second kappa shape index (κ2) is 14.1. The van der Waals surface area contributed by atoms with Crippen molar-refractivity contribution in [3.8, 4) is 11.5 Å². The van der Waals surface area contributed by atoms with Gasteiger partial charge in [0, 0.05) is 25.8 Å². The van der Waals surface area contributed by atoms with Crippen molar-refractivity contribution in [3.63, 3.8) is 0 Å². The van der Waals surface area contributed by atoms with Gasteiger partial charge in [-0.1, -0.05) is 40.0 Å². The Morgan fingerprint density at radius 1 is 0.829 bits per heavy atom. The van der Waals surface area contributed by atoms with Gasteiger partial charge in [-0.3, -0.25) is 0 Å². The molecule has 0 spiro atoms. The number of thiophene rings is 2. The molecule has 0 amide bonds. The van der Waals surface area contributed by atoms with Gasteiger partial charge in [-0.15, -0.1) is 22.7 Å². The molecule has 0 N–H and O–H groups in total. The summed E-state index contributed by atoms with van der Waals surface area (Å²) in [5.41, 5.74) is 2.05. The van der Waals surface area contributed by atoms with Crippen LogP contribution in [0.3, 0.4) is 0 Å². The molecule has 0 saturated heterocycles. The number of methoxy groups -OCH3 is 1. The predicted molar refractivity (Wildman–Crippen MR) is 160 cm³/mol. The smallest absolute Gasteiger partial charge is 0.127 e. The van der Waals surface area contributed by atoms with Crippen molar-refractivity contribution in [1.29, 1.82) is 0 Å². The third kappa shape index (κ3) is 9.29. The number of benzene rings is 1. The Morgan fingerprint density at radius 2 is 1.49 bits per heavy atom. The fraction of sp³-hybridized carbons (Fsp3) is 0.400. The minimum atomic E-state index is 0.664. The van der Waals surface area contributed by atoms with Crippen molar-refractivity contribution in [2.24, 2.45) is 11.8 Å². The van der Waals surface area contributed by atoms with Gasteiger partial charge in [0.2, 0.25) is 0 Å². The molecule has 188 valence electrons. The first kappa shape index (κ1) is 27.8. The number of aryl methyl sites for hydroxylation is 1. The van der Waals surface area contributed by atoms with Crippen LogP contribution < -0.4 is 9.47 Å². The molecule has 0 saturated carbocycles. The molecular formula is C30H37BrO2S2. The summed E-state index contributed by atoms with van der Waals surface area (Å²) in [4.78, 5) is 3.73. The number of rotatable bonds is 13. The lowest BCUT2D eigenvalue weighted by atomic mass is 9.98. The highest BCUT2D eigenvalue weighted by atomic mass is 79.9. The van der Waals surface area contributed by atoms with E-state index in [2.05, 4.69) is 104 Å². The van der Waals surface area contributed by atoms with Gasteiger partial charge in [0.05, 0.1) is 17.5 Å². The largest absolute Gasteiger partial charge is 0.496 e. The molecular weight excluding hydrogens is 536 g/mol. The third-order valence-corrected chi connectivity index (χ3v) is 8.47. The van der Waals surface area contributed by atoms with E-state index in [1.165, 1.54) is 33.9 Å². The SMILES string of the molecule is COc1cc(C=Cc2ccc(C)s2)c(OCCC(C)CCCC(C)C)cc1C=Cc1ccc(Br)s1. The van der Waals surface area contributed by atoms with Crippen LogP contribution in [0.15, 0.2) is 40.2 Å². The maximum absolute atomic E-state index is 6.38. The second-order valence-corrected chi connectivity index (χ2v) is 13.3. The van der Waals surface area contributed by atoms with Crippen LogP contribution in [0.4, 0.5) is 0 Å². The van der Waals surface area contributed by atoms with Gasteiger partial charge < -0.3 is 9.47 Å². The van der Waals surface area contributed by atoms with E-state index in [0.29, 0.717) is 5.92 Å². The van der Waals surface area contributed by atoms with Crippen molar-refractivity contribution in [2.45, 2.75) is 53.4 Å². The van der Waals surface area contributed by atoms with Gasteiger partial charge in [-0.25, -0.2) is 0 Å². The van der Waals surface area contributed by atoms with Crippen molar-refractivity contribution < 1.29 is 9.47 Å². The van der Waals surface area contributed by atoms with Crippen LogP contribution in [0.2, 0.25) is 0 Å². The molecule has 0 fully saturated rings. The molecule has 1 unspecified atom stereocenters. The molecule has 0 aliphatic rings. The second-order valence-electron chi connectivity index (χ2n) is 9.46. The number of halogens is 1. The van der Waals surface area contributed by atoms with Crippen LogP contribution in [-0.4, -0.2) is 13.7 Å². The molecule has 0 aliphatic heterocycles. The minimum absolute atomic E-state index is 0.664. The van der Waals surface area contributed by atoms with E-state index in [1.807, 2.05) is 0 Å². The molecule has 2 nitrogen and oxygen atoms in total. The monoisotopic (exact) mass is 572 g/mol. The molecule has 0 radical (unpaired) electrons. The van der Waals surface area contributed by atoms with Crippen molar-refractivity contribution >= 4 is 62.9 Å². The van der Waals surface area contributed by atoms with Crippen LogP contribution in [0, 0.1) is 18.8 Å². The fourth-order valence-electron chi connectivity index (χ4n) is 3.85. The Bertz CT molecular complexity index is 1120. The zero-order chi connectivity index (χ0) is 25.2. The molecule has 2 heterocycles. The van der Waals surface area contributed by atoms with Gasteiger partial charge in [0.15, 0.2) is 0 Å². The maximum Gasteiger partial charge on any atom is 0.127 e. The lowest BCUT2D eigenvalue weighted by Gasteiger charge is -2.16. The molecule has 3 rings (SSSR count). The molecule has 3 aromatic rings. The summed E-state index contributed by atoms with van der Waals surface area (Å²) < 4.78 is 13.3. The molecule has 2 aromatic heterocycles. The Hall–Kier alpha value is -1.82. The van der Waals surface area contributed by atoms with Crippen LogP contribution in [0.25, 0.3) is 24.3 Å². The maximum atomic E-state index is 6.38. The Balaban J connectivity index is 1.79. The molecule has 0 bridgehead atoms. The molecule has 0 aliphatic carbocycles. The molecule has 1 atom stereocenters. The summed E-state index contributed by atoms with van der Waals surface area (Å²) >= 11 is 7.04. The highest BCUT2D eigenvalue weighted by molar-refractivity contribution is 9.11. The molecule has 5 heteroatoms. The summed E-state index contributed by atoms with van der Waals surface area (Å²) in [7, 11) is 1.73. The lowest BCUT2D eigenvalue weighted by molar-refractivity contribution is 0.275. The Morgan fingerprint density at radius 3 is 2.09 bits per heavy atom. The average Bonchev–Trinajstić information content (AvgIpc) is 3.43. The summed E-state index contributed by atoms with van der Waals surface area (Å²) in [6, 6.07) is 12.7. The first-order valence-corrected chi connectivity index (χ1v) is 14.8. The summed E-state index contributed by atoms with van der Waals surface area (Å²) in [5, 5.41) is 0. The average molecular weight is 574 g/mol. The lowest BCUT2D eigenvalue weighted by Crippen LogP contribution is -2.06. The fourth-order valence-corrected chi connectivity index (χ4v) is 5.95. The Kier molecular flexibility index (Phi) is 11.1. The van der Waals surface area contributed by atoms with Crippen LogP contribution in [0.1, 0.15) is 72.2 Å². The zero-order valence-corrected chi connectivity index (χ0v) is 24.7. The number of hydrogen-bond donors (Lipinski definition) is 0. The summed E-state index contributed by atoms with van der Waals surface area (Å²) in [6.07, 6.45) is 13.4. The van der Waals surface area contributed by atoms with E-state index in [9.17, 15) is 0 Å². The molecule has 35 heavy (non-hydrogen) atoms. The van der Waals surface area contributed by atoms with E-state index in [0.717, 1.165) is 45.4 Å². The van der Waals surface area contributed by atoms with Gasteiger partial charge in [0.1, 0.15) is 11.5 Å². The highest BCUT2D eigenvalue weighted by Crippen LogP contribution is 2.33. The summed E-state index contributed by atoms with van der Waals surface area (Å²) in [6.45, 7) is 9.79. The van der Waals surface area contributed by atoms with E-state index in [-0.39, 0.29) is 0 Å². The van der Waals surface area contributed by atoms with E-state index in [4.69, 9.17) is 9.47 Å². The van der Waals surface area contributed by atoms with E-state index >= 15 is 0 Å². The molecule has 1 aromatic carbocycles. The van der Waals surface area contributed by atoms with Gasteiger partial charge in [-0.05, 0) is 102 Å². The third-order valence-electron chi connectivity index (χ3n) is 5.92. The Labute approximate surface area is 227 Å². The number of hydrogen-bond acceptors (Lipinski definition) is 4. The number of ether oxygens (including phenoxy) is 2. The quantitative estimate of drug-likeness (QED) is 0.203. The van der Waals surface area contributed by atoms with Crippen molar-refractivity contribution in [2.75, 3.05) is 13.7 Å². The normalized spacial score (nSPS) is 12.8. The summed E-state index contributed by atoms with van der Waals surface area (Å²) in [5.74, 6) is 3.18. The van der Waals surface area contributed by atoms with Gasteiger partial charge in [-0.2, -0.15) is 0 Å². The van der Waals surface area contributed by atoms with Crippen LogP contribution in [-0.2, 0) is 0 Å². The van der Waals surface area contributed by atoms with Gasteiger partial charge in [0.25, 0.3) is 0 Å². The minimum Gasteiger partial charge on any atom is -0.496 e. The first-order chi connectivity index (χ1) is 16.8. The zero-order valence-electron chi connectivity index (χ0n) is 21.5. The highest BCUT2D eigenvalue weighted by Gasteiger charge is 2.11. The van der Waals surface area contributed by atoms with Gasteiger partial charge >= 0.3 is 0 Å². The standard InChI is InChI=1S/C30H37BrO2S2/c1-21(2)7-6-8-22(3)17-18-33-29-20-24(10-14-27-15-16-30(31)35-27)28(32-5)19-25(29)11-13-26-12-9-23(4)34-26/h9-16,19-22H,6-8,17-18H2,1-5H3. The topological polar surface area (TPSA) is 18.5 Å².